The van der Waals surface area contributed by atoms with Gasteiger partial charge >= 0.3 is 0 Å². The van der Waals surface area contributed by atoms with Crippen LogP contribution in [0.1, 0.15) is 38.4 Å². The lowest BCUT2D eigenvalue weighted by Crippen LogP contribution is -2.47. The molecule has 2 saturated heterocycles. The second-order valence-corrected chi connectivity index (χ2v) is 6.93. The van der Waals surface area contributed by atoms with Crippen molar-refractivity contribution in [3.05, 3.63) is 30.1 Å². The topological polar surface area (TPSA) is 74.3 Å². The van der Waals surface area contributed by atoms with Crippen LogP contribution in [0.25, 0.3) is 11.0 Å². The van der Waals surface area contributed by atoms with Gasteiger partial charge in [0.2, 0.25) is 0 Å². The van der Waals surface area contributed by atoms with Crippen molar-refractivity contribution >= 4 is 41.0 Å². The molecular formula is C19H28IN5O. The number of H-pyrrole nitrogens is 1. The highest BCUT2D eigenvalue weighted by Crippen LogP contribution is 2.34. The van der Waals surface area contributed by atoms with E-state index in [1.165, 1.54) is 12.8 Å². The monoisotopic (exact) mass is 469 g/mol. The number of fused-ring (bicyclic) bond motifs is 3. The molecule has 2 aromatic rings. The summed E-state index contributed by atoms with van der Waals surface area (Å²) in [6.45, 7) is 3.76. The fourth-order valence-electron chi connectivity index (χ4n) is 3.85. The Hall–Kier alpha value is -1.35. The van der Waals surface area contributed by atoms with Crippen LogP contribution in [-0.2, 0) is 11.2 Å². The quantitative estimate of drug-likeness (QED) is 0.263. The zero-order valence-electron chi connectivity index (χ0n) is 15.2. The van der Waals surface area contributed by atoms with Crippen molar-refractivity contribution in [3.63, 3.8) is 0 Å². The summed E-state index contributed by atoms with van der Waals surface area (Å²) < 4.78 is 5.92. The smallest absolute Gasteiger partial charge is 0.191 e. The van der Waals surface area contributed by atoms with E-state index in [9.17, 15) is 0 Å². The SMILES string of the molecule is CCNC(=NCCCc1nc2ccccc2[nH]1)NC1CC2CCC1O2.I. The zero-order valence-corrected chi connectivity index (χ0v) is 17.5. The molecule has 0 saturated carbocycles. The molecule has 0 amide bonds. The molecule has 1 aromatic heterocycles. The van der Waals surface area contributed by atoms with Gasteiger partial charge in [0.1, 0.15) is 5.82 Å². The summed E-state index contributed by atoms with van der Waals surface area (Å²) in [6, 6.07) is 8.56. The van der Waals surface area contributed by atoms with E-state index in [-0.39, 0.29) is 24.0 Å². The second-order valence-electron chi connectivity index (χ2n) is 6.93. The van der Waals surface area contributed by atoms with E-state index in [0.29, 0.717) is 18.2 Å². The van der Waals surface area contributed by atoms with Gasteiger partial charge in [0.15, 0.2) is 5.96 Å². The van der Waals surface area contributed by atoms with E-state index in [4.69, 9.17) is 9.73 Å². The van der Waals surface area contributed by atoms with Crippen LogP contribution in [0.5, 0.6) is 0 Å². The van der Waals surface area contributed by atoms with Crippen LogP contribution in [0.2, 0.25) is 0 Å². The number of hydrogen-bond donors (Lipinski definition) is 3. The molecule has 142 valence electrons. The van der Waals surface area contributed by atoms with E-state index in [0.717, 1.165) is 55.2 Å². The van der Waals surface area contributed by atoms with Crippen molar-refractivity contribution in [3.8, 4) is 0 Å². The second kappa shape index (κ2) is 9.03. The third-order valence-corrected chi connectivity index (χ3v) is 5.05. The van der Waals surface area contributed by atoms with Crippen LogP contribution in [-0.4, -0.2) is 47.3 Å². The van der Waals surface area contributed by atoms with Gasteiger partial charge in [-0.2, -0.15) is 0 Å². The van der Waals surface area contributed by atoms with Crippen LogP contribution < -0.4 is 10.6 Å². The number of para-hydroxylation sites is 2. The molecule has 6 nitrogen and oxygen atoms in total. The number of aliphatic imine (C=N–C) groups is 1. The highest BCUT2D eigenvalue weighted by atomic mass is 127. The van der Waals surface area contributed by atoms with Gasteiger partial charge in [-0.05, 0) is 44.7 Å². The first kappa shape index (κ1) is 19.4. The fourth-order valence-corrected chi connectivity index (χ4v) is 3.85. The highest BCUT2D eigenvalue weighted by Gasteiger charge is 2.41. The minimum Gasteiger partial charge on any atom is -0.373 e. The Morgan fingerprint density at radius 1 is 1.35 bits per heavy atom. The molecule has 2 aliphatic rings. The molecule has 3 N–H and O–H groups in total. The number of ether oxygens (including phenoxy) is 1. The number of rotatable bonds is 6. The van der Waals surface area contributed by atoms with Crippen molar-refractivity contribution in [1.82, 2.24) is 20.6 Å². The Labute approximate surface area is 171 Å². The molecule has 2 aliphatic heterocycles. The van der Waals surface area contributed by atoms with Gasteiger partial charge in [0, 0.05) is 19.5 Å². The summed E-state index contributed by atoms with van der Waals surface area (Å²) in [5, 5.41) is 6.91. The first-order valence-electron chi connectivity index (χ1n) is 9.46. The maximum atomic E-state index is 5.92. The molecule has 2 bridgehead atoms. The van der Waals surface area contributed by atoms with Gasteiger partial charge < -0.3 is 20.4 Å². The van der Waals surface area contributed by atoms with Crippen LogP contribution >= 0.6 is 24.0 Å². The lowest BCUT2D eigenvalue weighted by molar-refractivity contribution is 0.0992. The lowest BCUT2D eigenvalue weighted by Gasteiger charge is -2.22. The first-order chi connectivity index (χ1) is 12.3. The van der Waals surface area contributed by atoms with Gasteiger partial charge in [-0.3, -0.25) is 4.99 Å². The molecule has 1 aromatic carbocycles. The normalized spacial score (nSPS) is 24.7. The van der Waals surface area contributed by atoms with Crippen molar-refractivity contribution in [1.29, 1.82) is 0 Å². The molecule has 0 spiro atoms. The molecule has 4 rings (SSSR count). The summed E-state index contributed by atoms with van der Waals surface area (Å²) in [4.78, 5) is 12.7. The predicted molar refractivity (Wildman–Crippen MR) is 115 cm³/mol. The van der Waals surface area contributed by atoms with Crippen LogP contribution in [0, 0.1) is 0 Å². The van der Waals surface area contributed by atoms with Crippen molar-refractivity contribution in [2.24, 2.45) is 4.99 Å². The van der Waals surface area contributed by atoms with Crippen LogP contribution in [0.3, 0.4) is 0 Å². The van der Waals surface area contributed by atoms with Gasteiger partial charge in [-0.15, -0.1) is 24.0 Å². The van der Waals surface area contributed by atoms with Gasteiger partial charge in [-0.25, -0.2) is 4.98 Å². The number of benzene rings is 1. The van der Waals surface area contributed by atoms with E-state index in [1.54, 1.807) is 0 Å². The Morgan fingerprint density at radius 3 is 2.96 bits per heavy atom. The first-order valence-corrected chi connectivity index (χ1v) is 9.46. The van der Waals surface area contributed by atoms with E-state index in [2.05, 4.69) is 33.6 Å². The van der Waals surface area contributed by atoms with Crippen LogP contribution in [0.4, 0.5) is 0 Å². The standard InChI is InChI=1S/C19H27N5O.HI/c1-2-20-19(24-16-12-13-9-10-17(16)25-13)21-11-5-8-18-22-14-6-3-4-7-15(14)23-18;/h3-4,6-7,13,16-17H,2,5,8-12H2,1H3,(H,22,23)(H2,20,21,24);1H. The lowest BCUT2D eigenvalue weighted by atomic mass is 9.96. The average molecular weight is 469 g/mol. The number of aryl methyl sites for hydroxylation is 1. The number of imidazole rings is 1. The van der Waals surface area contributed by atoms with Crippen LogP contribution in [0.15, 0.2) is 29.3 Å². The minimum atomic E-state index is 0. The van der Waals surface area contributed by atoms with Gasteiger partial charge in [0.25, 0.3) is 0 Å². The number of aromatic nitrogens is 2. The summed E-state index contributed by atoms with van der Waals surface area (Å²) in [7, 11) is 0. The van der Waals surface area contributed by atoms with Crippen molar-refractivity contribution < 1.29 is 4.74 Å². The maximum absolute atomic E-state index is 5.92. The predicted octanol–water partition coefficient (Wildman–Crippen LogP) is 2.99. The molecule has 3 unspecified atom stereocenters. The van der Waals surface area contributed by atoms with E-state index < -0.39 is 0 Å². The van der Waals surface area contributed by atoms with Gasteiger partial charge in [-0.1, -0.05) is 12.1 Å². The third-order valence-electron chi connectivity index (χ3n) is 5.05. The fraction of sp³-hybridized carbons (Fsp3) is 0.579. The summed E-state index contributed by atoms with van der Waals surface area (Å²) >= 11 is 0. The number of nitrogens with one attached hydrogen (secondary N) is 3. The molecule has 2 fully saturated rings. The van der Waals surface area contributed by atoms with Crippen molar-refractivity contribution in [2.45, 2.75) is 57.3 Å². The highest BCUT2D eigenvalue weighted by molar-refractivity contribution is 14.0. The minimum absolute atomic E-state index is 0. The molecule has 0 aliphatic carbocycles. The summed E-state index contributed by atoms with van der Waals surface area (Å²) in [6.07, 6.45) is 6.21. The number of hydrogen-bond acceptors (Lipinski definition) is 3. The average Bonchev–Trinajstić information content (AvgIpc) is 3.33. The Bertz CT molecular complexity index is 713. The van der Waals surface area contributed by atoms with Gasteiger partial charge in [0.05, 0.1) is 29.3 Å². The largest absolute Gasteiger partial charge is 0.373 e. The Morgan fingerprint density at radius 2 is 2.23 bits per heavy atom. The Balaban J connectivity index is 0.00000196. The summed E-state index contributed by atoms with van der Waals surface area (Å²) in [5.74, 6) is 1.95. The van der Waals surface area contributed by atoms with E-state index in [1.807, 2.05) is 18.2 Å². The zero-order chi connectivity index (χ0) is 17.1. The molecule has 3 heterocycles. The third kappa shape index (κ3) is 4.49. The summed E-state index contributed by atoms with van der Waals surface area (Å²) in [5.41, 5.74) is 2.14. The number of nitrogens with zero attached hydrogens (tertiary/aromatic N) is 2. The number of guanidine groups is 1. The number of halogens is 1. The van der Waals surface area contributed by atoms with Crippen molar-refractivity contribution in [2.75, 3.05) is 13.1 Å². The van der Waals surface area contributed by atoms with E-state index >= 15 is 0 Å². The molecule has 7 heteroatoms. The number of aromatic amines is 1. The Kier molecular flexibility index (Phi) is 6.74. The molecular weight excluding hydrogens is 441 g/mol. The maximum Gasteiger partial charge on any atom is 0.191 e. The molecule has 26 heavy (non-hydrogen) atoms. The molecule has 0 radical (unpaired) electrons. The molecule has 3 atom stereocenters.